The van der Waals surface area contributed by atoms with E-state index in [9.17, 15) is 32.2 Å². The van der Waals surface area contributed by atoms with Crippen molar-refractivity contribution in [2.75, 3.05) is 24.3 Å². The van der Waals surface area contributed by atoms with Gasteiger partial charge >= 0.3 is 4.87 Å². The molecule has 4 aromatic rings. The molecule has 0 amide bonds. The number of rotatable bonds is 11. The summed E-state index contributed by atoms with van der Waals surface area (Å²) in [5, 5.41) is 22.6. The third kappa shape index (κ3) is 6.04. The van der Waals surface area contributed by atoms with Crippen molar-refractivity contribution < 1.29 is 27.4 Å². The molecular weight excluding hydrogens is 558 g/mol. The molecule has 3 N–H and O–H groups in total. The molecule has 202 valence electrons. The van der Waals surface area contributed by atoms with E-state index in [1.807, 2.05) is 0 Å². The number of thioether (sulfide) groups is 1. The number of aromatic nitrogens is 3. The monoisotopic (exact) mass is 582 g/mol. The Hall–Kier alpha value is -2.91. The molecule has 0 aliphatic rings. The van der Waals surface area contributed by atoms with Crippen molar-refractivity contribution in [3.63, 3.8) is 0 Å². The number of aryl methyl sites for hydroxylation is 1. The Morgan fingerprint density at radius 3 is 2.47 bits per heavy atom. The molecule has 0 spiro atoms. The van der Waals surface area contributed by atoms with E-state index in [0.717, 1.165) is 29.2 Å². The fourth-order valence-electron chi connectivity index (χ4n) is 3.45. The molecule has 4 rings (SSSR count). The van der Waals surface area contributed by atoms with Crippen molar-refractivity contribution in [3.8, 4) is 0 Å². The minimum Gasteiger partial charge on any atom is -0.394 e. The molecule has 0 saturated carbocycles. The maximum Gasteiger partial charge on any atom is 0.309 e. The number of aliphatic hydroxyl groups is 2. The van der Waals surface area contributed by atoms with E-state index < -0.39 is 45.1 Å². The Labute approximate surface area is 225 Å². The second-order valence-corrected chi connectivity index (χ2v) is 12.7. The summed E-state index contributed by atoms with van der Waals surface area (Å²) in [6, 6.07) is 11.7. The lowest BCUT2D eigenvalue weighted by Gasteiger charge is -2.27. The first-order chi connectivity index (χ1) is 18.1. The minimum absolute atomic E-state index is 0.0252. The normalized spacial score (nSPS) is 12.2. The van der Waals surface area contributed by atoms with Gasteiger partial charge in [-0.25, -0.2) is 27.2 Å². The van der Waals surface area contributed by atoms with E-state index in [1.54, 1.807) is 25.1 Å². The number of nitrogens with zero attached hydrogens (tertiary/aromatic N) is 3. The molecule has 0 unspecified atom stereocenters. The van der Waals surface area contributed by atoms with Crippen LogP contribution in [0.15, 0.2) is 63.4 Å². The fraction of sp³-hybridized carbons (Fsp3) is 0.292. The van der Waals surface area contributed by atoms with Gasteiger partial charge in [-0.2, -0.15) is 0 Å². The highest BCUT2D eigenvalue weighted by molar-refractivity contribution is 7.98. The molecule has 38 heavy (non-hydrogen) atoms. The predicted molar refractivity (Wildman–Crippen MR) is 142 cm³/mol. The van der Waals surface area contributed by atoms with Crippen LogP contribution in [0.2, 0.25) is 0 Å². The van der Waals surface area contributed by atoms with Gasteiger partial charge in [-0.15, -0.1) is 0 Å². The number of benzene rings is 2. The number of nitrogens with one attached hydrogen (secondary N) is 1. The molecule has 0 atom stereocenters. The van der Waals surface area contributed by atoms with Crippen molar-refractivity contribution in [1.29, 1.82) is 0 Å². The summed E-state index contributed by atoms with van der Waals surface area (Å²) < 4.78 is 54.9. The number of sulfone groups is 1. The summed E-state index contributed by atoms with van der Waals surface area (Å²) >= 11 is 1.77. The molecular formula is C24H24F2N4O5S3. The van der Waals surface area contributed by atoms with Crippen LogP contribution in [-0.4, -0.2) is 57.7 Å². The molecule has 14 heteroatoms. The predicted octanol–water partition coefficient (Wildman–Crippen LogP) is 3.05. The van der Waals surface area contributed by atoms with Crippen LogP contribution >= 0.6 is 23.1 Å². The maximum absolute atomic E-state index is 14.2. The topological polar surface area (TPSA) is 134 Å². The van der Waals surface area contributed by atoms with Crippen LogP contribution in [0.3, 0.4) is 0 Å². The zero-order chi connectivity index (χ0) is 27.5. The number of fused-ring (bicyclic) bond motifs is 1. The largest absolute Gasteiger partial charge is 0.394 e. The average molecular weight is 583 g/mol. The highest BCUT2D eigenvalue weighted by atomic mass is 32.2. The van der Waals surface area contributed by atoms with Gasteiger partial charge in [0.1, 0.15) is 4.70 Å². The minimum atomic E-state index is -3.70. The Morgan fingerprint density at radius 1 is 1.08 bits per heavy atom. The lowest BCUT2D eigenvalue weighted by atomic mass is 10.1. The first-order valence-corrected chi connectivity index (χ1v) is 14.8. The molecule has 2 aromatic heterocycles. The number of halogens is 2. The molecule has 0 bridgehead atoms. The Bertz CT molecular complexity index is 1610. The first kappa shape index (κ1) is 28.1. The lowest BCUT2D eigenvalue weighted by Crippen LogP contribution is -2.42. The molecule has 0 fully saturated rings. The summed E-state index contributed by atoms with van der Waals surface area (Å²) in [5.41, 5.74) is -0.978. The smallest absolute Gasteiger partial charge is 0.309 e. The Morgan fingerprint density at radius 2 is 1.79 bits per heavy atom. The van der Waals surface area contributed by atoms with Crippen molar-refractivity contribution in [2.45, 2.75) is 34.8 Å². The average Bonchev–Trinajstić information content (AvgIpc) is 3.24. The van der Waals surface area contributed by atoms with E-state index in [2.05, 4.69) is 15.3 Å². The highest BCUT2D eigenvalue weighted by Gasteiger charge is 2.26. The number of thiazole rings is 1. The molecule has 2 heterocycles. The summed E-state index contributed by atoms with van der Waals surface area (Å²) in [7, 11) is -3.70. The molecule has 0 saturated heterocycles. The van der Waals surface area contributed by atoms with Crippen LogP contribution in [0, 0.1) is 11.6 Å². The summed E-state index contributed by atoms with van der Waals surface area (Å²) in [4.78, 5) is 21.4. The van der Waals surface area contributed by atoms with Crippen LogP contribution in [-0.2, 0) is 22.1 Å². The Kier molecular flexibility index (Phi) is 8.47. The number of anilines is 1. The second-order valence-electron chi connectivity index (χ2n) is 8.66. The highest BCUT2D eigenvalue weighted by Crippen LogP contribution is 2.31. The van der Waals surface area contributed by atoms with E-state index in [4.69, 9.17) is 0 Å². The number of hydrogen-bond donors (Lipinski definition) is 3. The van der Waals surface area contributed by atoms with Gasteiger partial charge in [-0.3, -0.25) is 9.36 Å². The SMILES string of the molecule is CC(CO)(CO)Nc1nc(SCc2cccc(F)c2F)nc2c1sc(=O)n2CCS(=O)(=O)c1ccccc1. The first-order valence-electron chi connectivity index (χ1n) is 11.3. The van der Waals surface area contributed by atoms with Gasteiger partial charge in [0, 0.05) is 17.9 Å². The van der Waals surface area contributed by atoms with Crippen LogP contribution in [0.5, 0.6) is 0 Å². The Balaban J connectivity index is 1.73. The third-order valence-electron chi connectivity index (χ3n) is 5.69. The molecule has 0 aliphatic heterocycles. The standard InChI is InChI=1S/C24H24F2N4O5S3/c1-24(13-31,14-32)29-20-19-21(28-22(27-20)36-12-15-6-5-9-17(25)18(15)26)30(23(33)37-19)10-11-38(34,35)16-7-3-2-4-8-16/h2-9,31-32H,10-14H2,1H3,(H,27,28,29). The van der Waals surface area contributed by atoms with Gasteiger partial charge in [-0.05, 0) is 25.1 Å². The molecule has 0 radical (unpaired) electrons. The number of hydrogen-bond acceptors (Lipinski definition) is 10. The van der Waals surface area contributed by atoms with Crippen molar-refractivity contribution >= 4 is 49.1 Å². The van der Waals surface area contributed by atoms with E-state index in [-0.39, 0.29) is 45.1 Å². The molecule has 9 nitrogen and oxygen atoms in total. The van der Waals surface area contributed by atoms with Gasteiger partial charge in [0.25, 0.3) is 0 Å². The molecule has 0 aliphatic carbocycles. The van der Waals surface area contributed by atoms with Gasteiger partial charge in [-0.1, -0.05) is 53.4 Å². The summed E-state index contributed by atoms with van der Waals surface area (Å²) in [5.74, 6) is -2.24. The number of aliphatic hydroxyl groups excluding tert-OH is 2. The zero-order valence-electron chi connectivity index (χ0n) is 20.1. The third-order valence-corrected chi connectivity index (χ3v) is 9.27. The van der Waals surface area contributed by atoms with Crippen molar-refractivity contribution in [3.05, 3.63) is 75.4 Å². The van der Waals surface area contributed by atoms with Crippen LogP contribution in [0.1, 0.15) is 12.5 Å². The second kappa shape index (κ2) is 11.5. The lowest BCUT2D eigenvalue weighted by molar-refractivity contribution is 0.147. The quantitative estimate of drug-likeness (QED) is 0.180. The van der Waals surface area contributed by atoms with Gasteiger partial charge in [0.2, 0.25) is 0 Å². The van der Waals surface area contributed by atoms with Gasteiger partial charge in [0.05, 0.1) is 29.4 Å². The maximum atomic E-state index is 14.2. The van der Waals surface area contributed by atoms with Crippen LogP contribution in [0.4, 0.5) is 14.6 Å². The molecule has 2 aromatic carbocycles. The van der Waals surface area contributed by atoms with Crippen molar-refractivity contribution in [1.82, 2.24) is 14.5 Å². The van der Waals surface area contributed by atoms with E-state index in [1.165, 1.54) is 28.8 Å². The van der Waals surface area contributed by atoms with Crippen LogP contribution < -0.4 is 10.2 Å². The summed E-state index contributed by atoms with van der Waals surface area (Å²) in [6.45, 7) is 0.433. The fourth-order valence-corrected chi connectivity index (χ4v) is 6.39. The van der Waals surface area contributed by atoms with Crippen molar-refractivity contribution in [2.24, 2.45) is 0 Å². The van der Waals surface area contributed by atoms with Gasteiger partial charge < -0.3 is 15.5 Å². The van der Waals surface area contributed by atoms with E-state index >= 15 is 0 Å². The zero-order valence-corrected chi connectivity index (χ0v) is 22.5. The summed E-state index contributed by atoms with van der Waals surface area (Å²) in [6.07, 6.45) is 0. The van der Waals surface area contributed by atoms with Gasteiger partial charge in [0.15, 0.2) is 38.1 Å². The van der Waals surface area contributed by atoms with E-state index in [0.29, 0.717) is 4.70 Å². The van der Waals surface area contributed by atoms with Crippen LogP contribution in [0.25, 0.3) is 10.3 Å².